The van der Waals surface area contributed by atoms with Gasteiger partial charge in [-0.15, -0.1) is 0 Å². The molecule has 1 atom stereocenters. The highest BCUT2D eigenvalue weighted by Crippen LogP contribution is 2.36. The van der Waals surface area contributed by atoms with Gasteiger partial charge < -0.3 is 10.5 Å². The Morgan fingerprint density at radius 2 is 1.81 bits per heavy atom. The largest absolute Gasteiger partial charge is 0.493 e. The van der Waals surface area contributed by atoms with E-state index in [0.29, 0.717) is 0 Å². The molecule has 3 aromatic rings. The van der Waals surface area contributed by atoms with Crippen molar-refractivity contribution in [3.63, 3.8) is 0 Å². The lowest BCUT2D eigenvalue weighted by molar-refractivity contribution is 0.352. The molecule has 0 bridgehead atoms. The molecule has 2 N–H and O–H groups in total. The molecule has 0 amide bonds. The van der Waals surface area contributed by atoms with Crippen molar-refractivity contribution in [2.45, 2.75) is 12.5 Å². The molecule has 0 fully saturated rings. The minimum atomic E-state index is -0.265. The van der Waals surface area contributed by atoms with E-state index in [-0.39, 0.29) is 6.04 Å². The molecule has 0 saturated carbocycles. The zero-order valence-corrected chi connectivity index (χ0v) is 11.5. The molecule has 1 unspecified atom stereocenters. The summed E-state index contributed by atoms with van der Waals surface area (Å²) < 4.78 is 5.77. The number of rotatable bonds is 2. The van der Waals surface area contributed by atoms with Gasteiger partial charge in [0.2, 0.25) is 0 Å². The van der Waals surface area contributed by atoms with Crippen molar-refractivity contribution in [1.29, 1.82) is 0 Å². The summed E-state index contributed by atoms with van der Waals surface area (Å²) in [6.07, 6.45) is 4.34. The van der Waals surface area contributed by atoms with Crippen LogP contribution in [0.1, 0.15) is 22.7 Å². The molecular weight excluding hydrogens is 262 g/mol. The van der Waals surface area contributed by atoms with Crippen molar-refractivity contribution in [2.75, 3.05) is 6.61 Å². The standard InChI is InChI=1S/C17H15N3O/c18-15(13-5-1-3-11-7-10-21-17(11)13)12-4-2-6-14-16(12)20-9-8-19-14/h1-6,8-9,15H,7,10,18H2. The first-order valence-corrected chi connectivity index (χ1v) is 7.04. The van der Waals surface area contributed by atoms with Gasteiger partial charge in [0.05, 0.1) is 23.7 Å². The van der Waals surface area contributed by atoms with Crippen molar-refractivity contribution in [3.8, 4) is 5.75 Å². The van der Waals surface area contributed by atoms with E-state index in [1.54, 1.807) is 12.4 Å². The SMILES string of the molecule is NC(c1cccc2c1OCC2)c1cccc2nccnc12. The Balaban J connectivity index is 1.88. The number of ether oxygens (including phenoxy) is 1. The lowest BCUT2D eigenvalue weighted by atomic mass is 9.95. The van der Waals surface area contributed by atoms with Crippen LogP contribution in [0.2, 0.25) is 0 Å². The second-order valence-electron chi connectivity index (χ2n) is 5.18. The first kappa shape index (κ1) is 12.3. The molecule has 2 aromatic carbocycles. The highest BCUT2D eigenvalue weighted by Gasteiger charge is 2.22. The maximum atomic E-state index is 6.51. The lowest BCUT2D eigenvalue weighted by Crippen LogP contribution is -2.14. The predicted octanol–water partition coefficient (Wildman–Crippen LogP) is 2.61. The van der Waals surface area contributed by atoms with Crippen LogP contribution < -0.4 is 10.5 Å². The van der Waals surface area contributed by atoms with Gasteiger partial charge in [-0.25, -0.2) is 0 Å². The van der Waals surface area contributed by atoms with Crippen LogP contribution in [0.25, 0.3) is 11.0 Å². The fourth-order valence-corrected chi connectivity index (χ4v) is 2.92. The number of aromatic nitrogens is 2. The quantitative estimate of drug-likeness (QED) is 0.782. The third kappa shape index (κ3) is 1.96. The van der Waals surface area contributed by atoms with E-state index >= 15 is 0 Å². The van der Waals surface area contributed by atoms with Crippen LogP contribution in [-0.4, -0.2) is 16.6 Å². The molecule has 1 aliphatic rings. The van der Waals surface area contributed by atoms with E-state index in [0.717, 1.165) is 40.9 Å². The Morgan fingerprint density at radius 3 is 2.76 bits per heavy atom. The highest BCUT2D eigenvalue weighted by molar-refractivity contribution is 5.78. The highest BCUT2D eigenvalue weighted by atomic mass is 16.5. The number of nitrogens with two attached hydrogens (primary N) is 1. The Labute approximate surface area is 122 Å². The average Bonchev–Trinajstić information content (AvgIpc) is 3.02. The summed E-state index contributed by atoms with van der Waals surface area (Å²) in [5, 5.41) is 0. The maximum Gasteiger partial charge on any atom is 0.127 e. The lowest BCUT2D eigenvalue weighted by Gasteiger charge is -2.17. The van der Waals surface area contributed by atoms with Crippen LogP contribution >= 0.6 is 0 Å². The Hall–Kier alpha value is -2.46. The molecule has 4 rings (SSSR count). The molecule has 0 saturated heterocycles. The zero-order valence-electron chi connectivity index (χ0n) is 11.5. The van der Waals surface area contributed by atoms with Gasteiger partial charge in [-0.3, -0.25) is 9.97 Å². The van der Waals surface area contributed by atoms with Gasteiger partial charge in [-0.2, -0.15) is 0 Å². The molecule has 0 aliphatic carbocycles. The minimum Gasteiger partial charge on any atom is -0.493 e. The predicted molar refractivity (Wildman–Crippen MR) is 81.2 cm³/mol. The summed E-state index contributed by atoms with van der Waals surface area (Å²) in [7, 11) is 0. The summed E-state index contributed by atoms with van der Waals surface area (Å²) >= 11 is 0. The van der Waals surface area contributed by atoms with Crippen molar-refractivity contribution in [3.05, 3.63) is 65.5 Å². The van der Waals surface area contributed by atoms with E-state index in [1.165, 1.54) is 5.56 Å². The third-order valence-electron chi connectivity index (χ3n) is 3.94. The fourth-order valence-electron chi connectivity index (χ4n) is 2.92. The third-order valence-corrected chi connectivity index (χ3v) is 3.94. The molecule has 4 heteroatoms. The first-order chi connectivity index (χ1) is 10.3. The van der Waals surface area contributed by atoms with Crippen LogP contribution in [0.4, 0.5) is 0 Å². The number of hydrogen-bond donors (Lipinski definition) is 1. The van der Waals surface area contributed by atoms with E-state index < -0.39 is 0 Å². The summed E-state index contributed by atoms with van der Waals surface area (Å²) in [5.41, 5.74) is 11.4. The second-order valence-corrected chi connectivity index (χ2v) is 5.18. The van der Waals surface area contributed by atoms with Gasteiger partial charge in [-0.1, -0.05) is 30.3 Å². The van der Waals surface area contributed by atoms with Gasteiger partial charge in [-0.05, 0) is 11.6 Å². The van der Waals surface area contributed by atoms with E-state index in [1.807, 2.05) is 30.3 Å². The number of benzene rings is 2. The van der Waals surface area contributed by atoms with Crippen LogP contribution in [0.15, 0.2) is 48.8 Å². The molecule has 1 aliphatic heterocycles. The summed E-state index contributed by atoms with van der Waals surface area (Å²) in [5.74, 6) is 0.936. The smallest absolute Gasteiger partial charge is 0.127 e. The van der Waals surface area contributed by atoms with Crippen molar-refractivity contribution < 1.29 is 4.74 Å². The maximum absolute atomic E-state index is 6.51. The monoisotopic (exact) mass is 277 g/mol. The molecule has 104 valence electrons. The van der Waals surface area contributed by atoms with E-state index in [4.69, 9.17) is 10.5 Å². The zero-order chi connectivity index (χ0) is 14.2. The van der Waals surface area contributed by atoms with Gasteiger partial charge in [0.1, 0.15) is 5.75 Å². The Kier molecular flexibility index (Phi) is 2.82. The molecule has 4 nitrogen and oxygen atoms in total. The Morgan fingerprint density at radius 1 is 1.00 bits per heavy atom. The molecule has 0 radical (unpaired) electrons. The second kappa shape index (κ2) is 4.82. The number of nitrogens with zero attached hydrogens (tertiary/aromatic N) is 2. The first-order valence-electron chi connectivity index (χ1n) is 7.04. The minimum absolute atomic E-state index is 0.265. The van der Waals surface area contributed by atoms with Crippen LogP contribution in [0, 0.1) is 0 Å². The summed E-state index contributed by atoms with van der Waals surface area (Å²) in [4.78, 5) is 8.78. The average molecular weight is 277 g/mol. The summed E-state index contributed by atoms with van der Waals surface area (Å²) in [6.45, 7) is 0.731. The Bertz CT molecular complexity index is 811. The number of para-hydroxylation sites is 2. The molecule has 0 spiro atoms. The van der Waals surface area contributed by atoms with Crippen molar-refractivity contribution in [1.82, 2.24) is 9.97 Å². The molecule has 21 heavy (non-hydrogen) atoms. The molecular formula is C17H15N3O. The van der Waals surface area contributed by atoms with Crippen molar-refractivity contribution >= 4 is 11.0 Å². The van der Waals surface area contributed by atoms with Crippen molar-refractivity contribution in [2.24, 2.45) is 5.73 Å². The van der Waals surface area contributed by atoms with Gasteiger partial charge >= 0.3 is 0 Å². The molecule has 1 aromatic heterocycles. The number of fused-ring (bicyclic) bond motifs is 2. The van der Waals surface area contributed by atoms with Crippen LogP contribution in [0.5, 0.6) is 5.75 Å². The normalized spacial score (nSPS) is 14.7. The molecule has 2 heterocycles. The topological polar surface area (TPSA) is 61.0 Å². The summed E-state index contributed by atoms with van der Waals surface area (Å²) in [6, 6.07) is 11.8. The van der Waals surface area contributed by atoms with Crippen LogP contribution in [-0.2, 0) is 6.42 Å². The van der Waals surface area contributed by atoms with Gasteiger partial charge in [0.15, 0.2) is 0 Å². The van der Waals surface area contributed by atoms with E-state index in [2.05, 4.69) is 16.0 Å². The van der Waals surface area contributed by atoms with Crippen LogP contribution in [0.3, 0.4) is 0 Å². The number of hydrogen-bond acceptors (Lipinski definition) is 4. The fraction of sp³-hybridized carbons (Fsp3) is 0.176. The van der Waals surface area contributed by atoms with Gasteiger partial charge in [0.25, 0.3) is 0 Å². The van der Waals surface area contributed by atoms with E-state index in [9.17, 15) is 0 Å². The van der Waals surface area contributed by atoms with Gasteiger partial charge in [0, 0.05) is 29.9 Å².